The molecular formula is C22H26N4O3. The smallest absolute Gasteiger partial charge is 0.163 e. The van der Waals surface area contributed by atoms with Crippen LogP contribution in [-0.4, -0.2) is 50.3 Å². The largest absolute Gasteiger partial charge is 0.396 e. The summed E-state index contributed by atoms with van der Waals surface area (Å²) < 4.78 is 14.0. The molecule has 1 aliphatic carbocycles. The van der Waals surface area contributed by atoms with Gasteiger partial charge in [-0.2, -0.15) is 9.61 Å². The first-order chi connectivity index (χ1) is 13.9. The Morgan fingerprint density at radius 1 is 1.21 bits per heavy atom. The highest BCUT2D eigenvalue weighted by atomic mass is 16.8. The van der Waals surface area contributed by atoms with E-state index >= 15 is 0 Å². The number of nitrogens with zero attached hydrogens (tertiary/aromatic N) is 3. The summed E-state index contributed by atoms with van der Waals surface area (Å²) in [5.41, 5.74) is 3.93. The second-order valence-electron chi connectivity index (χ2n) is 8.49. The average molecular weight is 394 g/mol. The third kappa shape index (κ3) is 3.29. The summed E-state index contributed by atoms with van der Waals surface area (Å²) in [6.45, 7) is 6.00. The van der Waals surface area contributed by atoms with Gasteiger partial charge in [-0.1, -0.05) is 23.8 Å². The maximum atomic E-state index is 9.80. The topological polar surface area (TPSA) is 80.9 Å². The number of aromatic nitrogens is 3. The zero-order chi connectivity index (χ0) is 20.2. The zero-order valence-corrected chi connectivity index (χ0v) is 16.9. The minimum atomic E-state index is -0.638. The number of aryl methyl sites for hydroxylation is 1. The molecule has 2 aromatic heterocycles. The summed E-state index contributed by atoms with van der Waals surface area (Å²) in [6.07, 6.45) is 2.34. The number of anilines is 1. The number of fused-ring (bicyclic) bond motifs is 2. The van der Waals surface area contributed by atoms with Crippen molar-refractivity contribution in [2.45, 2.75) is 51.2 Å². The van der Waals surface area contributed by atoms with Gasteiger partial charge in [-0.05, 0) is 39.3 Å². The van der Waals surface area contributed by atoms with E-state index in [1.54, 1.807) is 6.20 Å². The normalized spacial score (nSPS) is 28.0. The van der Waals surface area contributed by atoms with Crippen LogP contribution in [0.25, 0.3) is 16.9 Å². The fourth-order valence-electron chi connectivity index (χ4n) is 4.55. The highest BCUT2D eigenvalue weighted by molar-refractivity contribution is 5.66. The van der Waals surface area contributed by atoms with Gasteiger partial charge in [0.05, 0.1) is 17.8 Å². The second-order valence-corrected chi connectivity index (χ2v) is 8.49. The van der Waals surface area contributed by atoms with E-state index in [0.717, 1.165) is 29.1 Å². The second kappa shape index (κ2) is 6.79. The van der Waals surface area contributed by atoms with Crippen molar-refractivity contribution in [1.82, 2.24) is 14.6 Å². The number of hydrogen-bond donors (Lipinski definition) is 2. The van der Waals surface area contributed by atoms with Crippen LogP contribution in [0.2, 0.25) is 0 Å². The molecule has 152 valence electrons. The van der Waals surface area contributed by atoms with Crippen LogP contribution in [-0.2, 0) is 9.47 Å². The van der Waals surface area contributed by atoms with Gasteiger partial charge in [0, 0.05) is 30.4 Å². The SMILES string of the molecule is Cc1cccc(-c2cc3nccc(N[C@@H]4C[C@H](CO)[C@H]5OC(C)(C)O[C@H]54)n3n2)c1. The molecule has 3 aromatic rings. The Balaban J connectivity index is 1.46. The van der Waals surface area contributed by atoms with Crippen LogP contribution in [0.15, 0.2) is 42.6 Å². The van der Waals surface area contributed by atoms with Gasteiger partial charge in [0.25, 0.3) is 0 Å². The van der Waals surface area contributed by atoms with Gasteiger partial charge in [-0.3, -0.25) is 0 Å². The van der Waals surface area contributed by atoms with Gasteiger partial charge in [0.15, 0.2) is 11.4 Å². The van der Waals surface area contributed by atoms with Crippen LogP contribution in [0.1, 0.15) is 25.8 Å². The molecule has 0 unspecified atom stereocenters. The lowest BCUT2D eigenvalue weighted by Crippen LogP contribution is -2.35. The maximum Gasteiger partial charge on any atom is 0.163 e. The molecule has 2 aliphatic rings. The average Bonchev–Trinajstić information content (AvgIpc) is 3.34. The number of rotatable bonds is 4. The Bertz CT molecular complexity index is 1050. The van der Waals surface area contributed by atoms with E-state index < -0.39 is 5.79 Å². The number of ether oxygens (including phenoxy) is 2. The predicted molar refractivity (Wildman–Crippen MR) is 110 cm³/mol. The van der Waals surface area contributed by atoms with E-state index in [9.17, 15) is 5.11 Å². The third-order valence-corrected chi connectivity index (χ3v) is 5.82. The van der Waals surface area contributed by atoms with Crippen LogP contribution in [0.3, 0.4) is 0 Å². The number of aliphatic hydroxyl groups excluding tert-OH is 1. The molecule has 7 heteroatoms. The van der Waals surface area contributed by atoms with Crippen LogP contribution < -0.4 is 5.32 Å². The Kier molecular flexibility index (Phi) is 4.34. The van der Waals surface area contributed by atoms with Crippen molar-refractivity contribution in [2.24, 2.45) is 5.92 Å². The summed E-state index contributed by atoms with van der Waals surface area (Å²) in [5, 5.41) is 18.2. The molecule has 0 bridgehead atoms. The number of hydrogen-bond acceptors (Lipinski definition) is 6. The summed E-state index contributed by atoms with van der Waals surface area (Å²) in [7, 11) is 0. The minimum absolute atomic E-state index is 0.0242. The van der Waals surface area contributed by atoms with Gasteiger partial charge in [0.2, 0.25) is 0 Å². The summed E-state index contributed by atoms with van der Waals surface area (Å²) in [5.74, 6) is 0.266. The molecule has 2 N–H and O–H groups in total. The van der Waals surface area contributed by atoms with Crippen molar-refractivity contribution >= 4 is 11.5 Å². The number of nitrogens with one attached hydrogen (secondary N) is 1. The molecule has 2 fully saturated rings. The van der Waals surface area contributed by atoms with Gasteiger partial charge in [0.1, 0.15) is 11.9 Å². The Morgan fingerprint density at radius 2 is 2.03 bits per heavy atom. The summed E-state index contributed by atoms with van der Waals surface area (Å²) in [4.78, 5) is 4.47. The molecule has 1 aliphatic heterocycles. The van der Waals surface area contributed by atoms with E-state index in [2.05, 4.69) is 35.4 Å². The molecular weight excluding hydrogens is 368 g/mol. The van der Waals surface area contributed by atoms with E-state index in [-0.39, 0.29) is 30.8 Å². The van der Waals surface area contributed by atoms with E-state index in [0.29, 0.717) is 0 Å². The number of aliphatic hydroxyl groups is 1. The molecule has 1 aromatic carbocycles. The van der Waals surface area contributed by atoms with E-state index in [1.165, 1.54) is 5.56 Å². The van der Waals surface area contributed by atoms with Crippen molar-refractivity contribution < 1.29 is 14.6 Å². The van der Waals surface area contributed by atoms with Crippen LogP contribution in [0.5, 0.6) is 0 Å². The Morgan fingerprint density at radius 3 is 2.83 bits per heavy atom. The molecule has 0 radical (unpaired) electrons. The minimum Gasteiger partial charge on any atom is -0.396 e. The molecule has 4 atom stereocenters. The molecule has 3 heterocycles. The molecule has 1 saturated heterocycles. The zero-order valence-electron chi connectivity index (χ0n) is 16.9. The number of benzene rings is 1. The first-order valence-corrected chi connectivity index (χ1v) is 10.1. The lowest BCUT2D eigenvalue weighted by molar-refractivity contribution is -0.158. The van der Waals surface area contributed by atoms with Gasteiger partial charge >= 0.3 is 0 Å². The first kappa shape index (κ1) is 18.5. The summed E-state index contributed by atoms with van der Waals surface area (Å²) in [6, 6.07) is 12.2. The third-order valence-electron chi connectivity index (χ3n) is 5.82. The Labute approximate surface area is 169 Å². The molecule has 5 rings (SSSR count). The molecule has 0 spiro atoms. The quantitative estimate of drug-likeness (QED) is 0.708. The van der Waals surface area contributed by atoms with Crippen molar-refractivity contribution in [3.8, 4) is 11.3 Å². The van der Waals surface area contributed by atoms with Crippen LogP contribution >= 0.6 is 0 Å². The van der Waals surface area contributed by atoms with Crippen molar-refractivity contribution in [2.75, 3.05) is 11.9 Å². The van der Waals surface area contributed by atoms with Gasteiger partial charge in [-0.15, -0.1) is 0 Å². The predicted octanol–water partition coefficient (Wildman–Crippen LogP) is 3.02. The van der Waals surface area contributed by atoms with E-state index in [4.69, 9.17) is 14.6 Å². The Hall–Kier alpha value is -2.48. The fourth-order valence-corrected chi connectivity index (χ4v) is 4.55. The highest BCUT2D eigenvalue weighted by Crippen LogP contribution is 2.42. The molecule has 0 amide bonds. The lowest BCUT2D eigenvalue weighted by Gasteiger charge is -2.24. The lowest BCUT2D eigenvalue weighted by atomic mass is 10.1. The highest BCUT2D eigenvalue weighted by Gasteiger charge is 2.53. The van der Waals surface area contributed by atoms with Crippen molar-refractivity contribution in [1.29, 1.82) is 0 Å². The maximum absolute atomic E-state index is 9.80. The molecule has 1 saturated carbocycles. The van der Waals surface area contributed by atoms with Gasteiger partial charge in [-0.25, -0.2) is 4.98 Å². The van der Waals surface area contributed by atoms with E-state index in [1.807, 2.05) is 36.6 Å². The van der Waals surface area contributed by atoms with Crippen LogP contribution in [0, 0.1) is 12.8 Å². The molecule has 7 nitrogen and oxygen atoms in total. The first-order valence-electron chi connectivity index (χ1n) is 10.1. The molecule has 29 heavy (non-hydrogen) atoms. The monoisotopic (exact) mass is 394 g/mol. The fraction of sp³-hybridized carbons (Fsp3) is 0.455. The van der Waals surface area contributed by atoms with Crippen molar-refractivity contribution in [3.05, 3.63) is 48.2 Å². The van der Waals surface area contributed by atoms with Crippen molar-refractivity contribution in [3.63, 3.8) is 0 Å². The summed E-state index contributed by atoms with van der Waals surface area (Å²) >= 11 is 0. The standard InChI is InChI=1S/C22H26N4O3/c1-13-5-4-6-14(9-13)16-11-19-23-8-7-18(26(19)25-16)24-17-10-15(12-27)20-21(17)29-22(2,3)28-20/h4-9,11,15,17,20-21,24,27H,10,12H2,1-3H3/t15-,17-,20-,21+/m1/s1. The van der Waals surface area contributed by atoms with Crippen LogP contribution in [0.4, 0.5) is 5.82 Å². The van der Waals surface area contributed by atoms with Gasteiger partial charge < -0.3 is 19.9 Å².